The van der Waals surface area contributed by atoms with Gasteiger partial charge in [-0.3, -0.25) is 4.79 Å². The molecule has 0 saturated heterocycles. The molecule has 2 rings (SSSR count). The van der Waals surface area contributed by atoms with Crippen LogP contribution in [0.4, 0.5) is 5.69 Å². The fourth-order valence-corrected chi connectivity index (χ4v) is 2.30. The average molecular weight is 317 g/mol. The summed E-state index contributed by atoms with van der Waals surface area (Å²) in [6.07, 6.45) is 1.16. The standard InChI is InChI=1S/C18H21ClN2O/c1-2-20-13-15-5-3-4-6-17(15)21-18(22)12-9-14-7-10-16(19)11-8-14/h3-8,10-11,20H,2,9,12-13H2,1H3,(H,21,22). The molecule has 2 aromatic carbocycles. The zero-order valence-corrected chi connectivity index (χ0v) is 13.5. The first-order valence-corrected chi connectivity index (χ1v) is 7.89. The molecule has 0 aliphatic carbocycles. The molecule has 1 amide bonds. The number of halogens is 1. The summed E-state index contributed by atoms with van der Waals surface area (Å²) in [4.78, 5) is 12.1. The molecule has 0 heterocycles. The van der Waals surface area contributed by atoms with Crippen molar-refractivity contribution in [1.29, 1.82) is 0 Å². The monoisotopic (exact) mass is 316 g/mol. The van der Waals surface area contributed by atoms with Crippen molar-refractivity contribution in [2.24, 2.45) is 0 Å². The number of hydrogen-bond donors (Lipinski definition) is 2. The van der Waals surface area contributed by atoms with Crippen LogP contribution in [-0.2, 0) is 17.8 Å². The van der Waals surface area contributed by atoms with Crippen LogP contribution in [0.1, 0.15) is 24.5 Å². The normalized spacial score (nSPS) is 10.5. The van der Waals surface area contributed by atoms with Gasteiger partial charge < -0.3 is 10.6 Å². The number of benzene rings is 2. The second kappa shape index (κ2) is 8.57. The van der Waals surface area contributed by atoms with Gasteiger partial charge in [-0.25, -0.2) is 0 Å². The van der Waals surface area contributed by atoms with Crippen LogP contribution < -0.4 is 10.6 Å². The van der Waals surface area contributed by atoms with Crippen LogP contribution in [0.25, 0.3) is 0 Å². The fraction of sp³-hybridized carbons (Fsp3) is 0.278. The van der Waals surface area contributed by atoms with Crippen molar-refractivity contribution >= 4 is 23.2 Å². The summed E-state index contributed by atoms with van der Waals surface area (Å²) < 4.78 is 0. The van der Waals surface area contributed by atoms with Crippen LogP contribution in [0, 0.1) is 0 Å². The number of carbonyl (C=O) groups excluding carboxylic acids is 1. The molecule has 0 aromatic heterocycles. The van der Waals surface area contributed by atoms with Gasteiger partial charge in [0.15, 0.2) is 0 Å². The lowest BCUT2D eigenvalue weighted by Gasteiger charge is -2.11. The molecule has 0 fully saturated rings. The lowest BCUT2D eigenvalue weighted by molar-refractivity contribution is -0.116. The number of amides is 1. The Hall–Kier alpha value is -1.84. The van der Waals surface area contributed by atoms with Crippen LogP contribution in [-0.4, -0.2) is 12.5 Å². The van der Waals surface area contributed by atoms with E-state index in [1.165, 1.54) is 0 Å². The maximum atomic E-state index is 12.1. The first kappa shape index (κ1) is 16.5. The number of anilines is 1. The molecule has 116 valence electrons. The smallest absolute Gasteiger partial charge is 0.224 e. The molecule has 0 spiro atoms. The highest BCUT2D eigenvalue weighted by atomic mass is 35.5. The lowest BCUT2D eigenvalue weighted by atomic mass is 10.1. The van der Waals surface area contributed by atoms with E-state index in [1.54, 1.807) is 0 Å². The van der Waals surface area contributed by atoms with Crippen molar-refractivity contribution in [2.75, 3.05) is 11.9 Å². The van der Waals surface area contributed by atoms with Crippen LogP contribution >= 0.6 is 11.6 Å². The van der Waals surface area contributed by atoms with Gasteiger partial charge in [0.2, 0.25) is 5.91 Å². The molecule has 0 aliphatic heterocycles. The molecule has 3 nitrogen and oxygen atoms in total. The summed E-state index contributed by atoms with van der Waals surface area (Å²) in [6.45, 7) is 3.72. The van der Waals surface area contributed by atoms with E-state index in [1.807, 2.05) is 48.5 Å². The van der Waals surface area contributed by atoms with Crippen LogP contribution in [0.3, 0.4) is 0 Å². The predicted molar refractivity (Wildman–Crippen MR) is 92.2 cm³/mol. The number of para-hydroxylation sites is 1. The van der Waals surface area contributed by atoms with Crippen LogP contribution in [0.15, 0.2) is 48.5 Å². The molecule has 0 unspecified atom stereocenters. The second-order valence-corrected chi connectivity index (χ2v) is 5.55. The first-order valence-electron chi connectivity index (χ1n) is 7.52. The Morgan fingerprint density at radius 1 is 1.09 bits per heavy atom. The lowest BCUT2D eigenvalue weighted by Crippen LogP contribution is -2.17. The zero-order chi connectivity index (χ0) is 15.8. The Labute approximate surface area is 136 Å². The highest BCUT2D eigenvalue weighted by Crippen LogP contribution is 2.16. The highest BCUT2D eigenvalue weighted by Gasteiger charge is 2.06. The van der Waals surface area contributed by atoms with Crippen LogP contribution in [0.5, 0.6) is 0 Å². The minimum absolute atomic E-state index is 0.0268. The summed E-state index contributed by atoms with van der Waals surface area (Å²) >= 11 is 5.86. The van der Waals surface area contributed by atoms with Gasteiger partial charge in [0.1, 0.15) is 0 Å². The maximum absolute atomic E-state index is 12.1. The van der Waals surface area contributed by atoms with Gasteiger partial charge in [-0.1, -0.05) is 48.9 Å². The third-order valence-electron chi connectivity index (χ3n) is 3.41. The maximum Gasteiger partial charge on any atom is 0.224 e. The SMILES string of the molecule is CCNCc1ccccc1NC(=O)CCc1ccc(Cl)cc1. The Balaban J connectivity index is 1.90. The molecule has 2 N–H and O–H groups in total. The van der Waals surface area contributed by atoms with E-state index in [2.05, 4.69) is 17.6 Å². The molecule has 2 aromatic rings. The molecule has 0 atom stereocenters. The van der Waals surface area contributed by atoms with E-state index < -0.39 is 0 Å². The summed E-state index contributed by atoms with van der Waals surface area (Å²) in [5.74, 6) is 0.0268. The molecule has 0 bridgehead atoms. The topological polar surface area (TPSA) is 41.1 Å². The number of nitrogens with one attached hydrogen (secondary N) is 2. The van der Waals surface area contributed by atoms with E-state index in [0.717, 1.165) is 29.9 Å². The largest absolute Gasteiger partial charge is 0.326 e. The number of hydrogen-bond acceptors (Lipinski definition) is 2. The minimum atomic E-state index is 0.0268. The van der Waals surface area contributed by atoms with Crippen molar-refractivity contribution in [3.63, 3.8) is 0 Å². The zero-order valence-electron chi connectivity index (χ0n) is 12.7. The number of aryl methyl sites for hydroxylation is 1. The van der Waals surface area contributed by atoms with Gasteiger partial charge in [0, 0.05) is 23.7 Å². The second-order valence-electron chi connectivity index (χ2n) is 5.11. The van der Waals surface area contributed by atoms with Crippen molar-refractivity contribution in [3.8, 4) is 0 Å². The molecular weight excluding hydrogens is 296 g/mol. The molecule has 4 heteroatoms. The van der Waals surface area contributed by atoms with Crippen LogP contribution in [0.2, 0.25) is 5.02 Å². The predicted octanol–water partition coefficient (Wildman–Crippen LogP) is 4.02. The van der Waals surface area contributed by atoms with Gasteiger partial charge in [0.25, 0.3) is 0 Å². The van der Waals surface area contributed by atoms with Gasteiger partial charge >= 0.3 is 0 Å². The number of rotatable bonds is 7. The van der Waals surface area contributed by atoms with Gasteiger partial charge in [-0.05, 0) is 42.3 Å². The summed E-state index contributed by atoms with van der Waals surface area (Å²) in [6, 6.07) is 15.5. The summed E-state index contributed by atoms with van der Waals surface area (Å²) in [5, 5.41) is 6.99. The van der Waals surface area contributed by atoms with Gasteiger partial charge in [0.05, 0.1) is 0 Å². The number of carbonyl (C=O) groups is 1. The van der Waals surface area contributed by atoms with E-state index in [0.29, 0.717) is 17.9 Å². The third-order valence-corrected chi connectivity index (χ3v) is 3.66. The van der Waals surface area contributed by atoms with Crippen molar-refractivity contribution in [2.45, 2.75) is 26.3 Å². The van der Waals surface area contributed by atoms with Gasteiger partial charge in [-0.2, -0.15) is 0 Å². The Morgan fingerprint density at radius 2 is 1.82 bits per heavy atom. The summed E-state index contributed by atoms with van der Waals surface area (Å²) in [5.41, 5.74) is 3.09. The minimum Gasteiger partial charge on any atom is -0.326 e. The average Bonchev–Trinajstić information content (AvgIpc) is 2.53. The highest BCUT2D eigenvalue weighted by molar-refractivity contribution is 6.30. The quantitative estimate of drug-likeness (QED) is 0.810. The Bertz CT molecular complexity index is 611. The first-order chi connectivity index (χ1) is 10.7. The molecule has 0 aliphatic rings. The third kappa shape index (κ3) is 5.17. The van der Waals surface area contributed by atoms with Crippen molar-refractivity contribution in [3.05, 3.63) is 64.7 Å². The summed E-state index contributed by atoms with van der Waals surface area (Å²) in [7, 11) is 0. The van der Waals surface area contributed by atoms with Gasteiger partial charge in [-0.15, -0.1) is 0 Å². The molecular formula is C18H21ClN2O. The van der Waals surface area contributed by atoms with E-state index in [9.17, 15) is 4.79 Å². The van der Waals surface area contributed by atoms with Crippen molar-refractivity contribution in [1.82, 2.24) is 5.32 Å². The van der Waals surface area contributed by atoms with E-state index in [-0.39, 0.29) is 5.91 Å². The Morgan fingerprint density at radius 3 is 2.55 bits per heavy atom. The molecule has 0 saturated carbocycles. The Kier molecular flexibility index (Phi) is 6.44. The molecule has 22 heavy (non-hydrogen) atoms. The van der Waals surface area contributed by atoms with E-state index in [4.69, 9.17) is 11.6 Å². The molecule has 0 radical (unpaired) electrons. The fourth-order valence-electron chi connectivity index (χ4n) is 2.18. The van der Waals surface area contributed by atoms with E-state index >= 15 is 0 Å². The van der Waals surface area contributed by atoms with Crippen molar-refractivity contribution < 1.29 is 4.79 Å².